The fraction of sp³-hybridized carbons (Fsp3) is 0.611. The van der Waals surface area contributed by atoms with E-state index >= 15 is 0 Å². The maximum Gasteiger partial charge on any atom is 0.222 e. The lowest BCUT2D eigenvalue weighted by Crippen LogP contribution is -2.48. The highest BCUT2D eigenvalue weighted by Crippen LogP contribution is 2.30. The Labute approximate surface area is 128 Å². The van der Waals surface area contributed by atoms with Crippen LogP contribution in [0.4, 0.5) is 0 Å². The van der Waals surface area contributed by atoms with Crippen LogP contribution in [0.25, 0.3) is 0 Å². The second kappa shape index (κ2) is 6.61. The lowest BCUT2D eigenvalue weighted by atomic mass is 9.91. The first-order chi connectivity index (χ1) is 9.89. The summed E-state index contributed by atoms with van der Waals surface area (Å²) in [6.45, 7) is 4.18. The van der Waals surface area contributed by atoms with E-state index in [-0.39, 0.29) is 17.0 Å². The summed E-state index contributed by atoms with van der Waals surface area (Å²) in [6.07, 6.45) is 6.63. The van der Waals surface area contributed by atoms with Crippen LogP contribution < -0.4 is 11.1 Å². The lowest BCUT2D eigenvalue weighted by Gasteiger charge is -2.29. The van der Waals surface area contributed by atoms with Gasteiger partial charge in [0.05, 0.1) is 0 Å². The molecule has 3 nitrogen and oxygen atoms in total. The fourth-order valence-electron chi connectivity index (χ4n) is 3.16. The SMILES string of the molecule is CC(C)(CCc1ccccc1)NC(=O)CC1(N)CCCC1. The highest BCUT2D eigenvalue weighted by atomic mass is 16.1. The van der Waals surface area contributed by atoms with Gasteiger partial charge in [0.1, 0.15) is 0 Å². The molecule has 1 amide bonds. The Balaban J connectivity index is 1.81. The molecule has 1 saturated carbocycles. The Morgan fingerprint density at radius 3 is 2.48 bits per heavy atom. The van der Waals surface area contributed by atoms with Crippen LogP contribution >= 0.6 is 0 Å². The van der Waals surface area contributed by atoms with Gasteiger partial charge in [-0.05, 0) is 45.1 Å². The van der Waals surface area contributed by atoms with Crippen LogP contribution in [0.5, 0.6) is 0 Å². The van der Waals surface area contributed by atoms with Gasteiger partial charge in [0.25, 0.3) is 0 Å². The summed E-state index contributed by atoms with van der Waals surface area (Å²) >= 11 is 0. The summed E-state index contributed by atoms with van der Waals surface area (Å²) < 4.78 is 0. The van der Waals surface area contributed by atoms with Crippen molar-refractivity contribution in [1.82, 2.24) is 5.32 Å². The van der Waals surface area contributed by atoms with Crippen molar-refractivity contribution in [1.29, 1.82) is 0 Å². The highest BCUT2D eigenvalue weighted by Gasteiger charge is 2.33. The van der Waals surface area contributed by atoms with Crippen LogP contribution in [0.2, 0.25) is 0 Å². The van der Waals surface area contributed by atoms with Gasteiger partial charge in [-0.25, -0.2) is 0 Å². The standard InChI is InChI=1S/C18H28N2O/c1-17(2,13-10-15-8-4-3-5-9-15)20-16(21)14-18(19)11-6-7-12-18/h3-5,8-9H,6-7,10-14,19H2,1-2H3,(H,20,21). The number of carbonyl (C=O) groups is 1. The molecule has 1 aliphatic carbocycles. The van der Waals surface area contributed by atoms with Gasteiger partial charge in [-0.15, -0.1) is 0 Å². The van der Waals surface area contributed by atoms with E-state index in [0.29, 0.717) is 6.42 Å². The third-order valence-electron chi connectivity index (χ3n) is 4.47. The van der Waals surface area contributed by atoms with Gasteiger partial charge in [0, 0.05) is 17.5 Å². The van der Waals surface area contributed by atoms with Crippen molar-refractivity contribution in [3.05, 3.63) is 35.9 Å². The molecule has 0 spiro atoms. The van der Waals surface area contributed by atoms with Crippen LogP contribution in [0, 0.1) is 0 Å². The molecule has 3 heteroatoms. The number of hydrogen-bond donors (Lipinski definition) is 2. The molecule has 3 N–H and O–H groups in total. The van der Waals surface area contributed by atoms with Crippen LogP contribution in [-0.4, -0.2) is 17.0 Å². The van der Waals surface area contributed by atoms with E-state index in [9.17, 15) is 4.79 Å². The lowest BCUT2D eigenvalue weighted by molar-refractivity contribution is -0.123. The number of rotatable bonds is 6. The number of carbonyl (C=O) groups excluding carboxylic acids is 1. The summed E-state index contributed by atoms with van der Waals surface area (Å²) in [5, 5.41) is 3.16. The second-order valence-corrected chi connectivity index (χ2v) is 7.16. The molecule has 1 aliphatic rings. The van der Waals surface area contributed by atoms with Crippen molar-refractivity contribution in [2.24, 2.45) is 5.73 Å². The molecule has 0 heterocycles. The van der Waals surface area contributed by atoms with Gasteiger partial charge in [-0.2, -0.15) is 0 Å². The zero-order chi connectivity index (χ0) is 15.3. The number of amides is 1. The Morgan fingerprint density at radius 2 is 1.86 bits per heavy atom. The molecule has 116 valence electrons. The smallest absolute Gasteiger partial charge is 0.222 e. The van der Waals surface area contributed by atoms with Gasteiger partial charge in [0.2, 0.25) is 5.91 Å². The molecule has 2 rings (SSSR count). The minimum absolute atomic E-state index is 0.0949. The van der Waals surface area contributed by atoms with E-state index in [2.05, 4.69) is 43.4 Å². The van der Waals surface area contributed by atoms with Crippen molar-refractivity contribution in [3.8, 4) is 0 Å². The highest BCUT2D eigenvalue weighted by molar-refractivity contribution is 5.78. The van der Waals surface area contributed by atoms with Gasteiger partial charge in [-0.3, -0.25) is 4.79 Å². The quantitative estimate of drug-likeness (QED) is 0.844. The van der Waals surface area contributed by atoms with E-state index in [0.717, 1.165) is 38.5 Å². The molecule has 0 radical (unpaired) electrons. The molecular weight excluding hydrogens is 260 g/mol. The van der Waals surface area contributed by atoms with E-state index < -0.39 is 0 Å². The molecule has 21 heavy (non-hydrogen) atoms. The van der Waals surface area contributed by atoms with Crippen molar-refractivity contribution in [3.63, 3.8) is 0 Å². The van der Waals surface area contributed by atoms with Crippen LogP contribution in [0.15, 0.2) is 30.3 Å². The van der Waals surface area contributed by atoms with Gasteiger partial charge >= 0.3 is 0 Å². The first-order valence-electron chi connectivity index (χ1n) is 8.02. The molecule has 0 aromatic heterocycles. The zero-order valence-electron chi connectivity index (χ0n) is 13.3. The average Bonchev–Trinajstić information content (AvgIpc) is 2.83. The first-order valence-corrected chi connectivity index (χ1v) is 8.02. The summed E-state index contributed by atoms with van der Waals surface area (Å²) in [5.74, 6) is 0.0949. The van der Waals surface area contributed by atoms with Crippen LogP contribution in [0.1, 0.15) is 57.9 Å². The maximum absolute atomic E-state index is 12.2. The molecule has 1 aromatic rings. The number of nitrogens with one attached hydrogen (secondary N) is 1. The second-order valence-electron chi connectivity index (χ2n) is 7.16. The monoisotopic (exact) mass is 288 g/mol. The first kappa shape index (κ1) is 16.0. The summed E-state index contributed by atoms with van der Waals surface area (Å²) in [4.78, 5) is 12.2. The Morgan fingerprint density at radius 1 is 1.24 bits per heavy atom. The predicted molar refractivity (Wildman–Crippen MR) is 87.0 cm³/mol. The average molecular weight is 288 g/mol. The van der Waals surface area contributed by atoms with E-state index in [4.69, 9.17) is 5.73 Å². The minimum Gasteiger partial charge on any atom is -0.351 e. The van der Waals surface area contributed by atoms with Crippen molar-refractivity contribution < 1.29 is 4.79 Å². The third-order valence-corrected chi connectivity index (χ3v) is 4.47. The van der Waals surface area contributed by atoms with Crippen molar-refractivity contribution in [2.45, 2.75) is 69.9 Å². The summed E-state index contributed by atoms with van der Waals surface area (Å²) in [5.41, 5.74) is 7.14. The zero-order valence-corrected chi connectivity index (χ0v) is 13.3. The van der Waals surface area contributed by atoms with E-state index in [1.54, 1.807) is 0 Å². The summed E-state index contributed by atoms with van der Waals surface area (Å²) in [6, 6.07) is 10.4. The molecule has 0 bridgehead atoms. The predicted octanol–water partition coefficient (Wildman–Crippen LogP) is 3.18. The van der Waals surface area contributed by atoms with E-state index in [1.165, 1.54) is 5.56 Å². The Hall–Kier alpha value is -1.35. The van der Waals surface area contributed by atoms with Crippen LogP contribution in [-0.2, 0) is 11.2 Å². The van der Waals surface area contributed by atoms with Crippen LogP contribution in [0.3, 0.4) is 0 Å². The van der Waals surface area contributed by atoms with E-state index in [1.807, 2.05) is 6.07 Å². The number of benzene rings is 1. The third kappa shape index (κ3) is 5.16. The van der Waals surface area contributed by atoms with Crippen molar-refractivity contribution >= 4 is 5.91 Å². The number of aryl methyl sites for hydroxylation is 1. The molecule has 1 fully saturated rings. The summed E-state index contributed by atoms with van der Waals surface area (Å²) in [7, 11) is 0. The largest absolute Gasteiger partial charge is 0.351 e. The molecule has 0 saturated heterocycles. The molecular formula is C18H28N2O. The fourth-order valence-corrected chi connectivity index (χ4v) is 3.16. The minimum atomic E-state index is -0.264. The molecule has 0 aliphatic heterocycles. The van der Waals surface area contributed by atoms with Gasteiger partial charge in [0.15, 0.2) is 0 Å². The number of hydrogen-bond acceptors (Lipinski definition) is 2. The van der Waals surface area contributed by atoms with Gasteiger partial charge < -0.3 is 11.1 Å². The number of nitrogens with two attached hydrogens (primary N) is 1. The maximum atomic E-state index is 12.2. The molecule has 0 unspecified atom stereocenters. The molecule has 0 atom stereocenters. The Bertz CT molecular complexity index is 461. The normalized spacial score (nSPS) is 17.7. The Kier molecular flexibility index (Phi) is 5.04. The molecule has 1 aromatic carbocycles. The topological polar surface area (TPSA) is 55.1 Å². The van der Waals surface area contributed by atoms with Gasteiger partial charge in [-0.1, -0.05) is 43.2 Å². The van der Waals surface area contributed by atoms with Crippen molar-refractivity contribution in [2.75, 3.05) is 0 Å².